The minimum absolute atomic E-state index is 0.0779. The van der Waals surface area contributed by atoms with Crippen molar-refractivity contribution in [2.45, 2.75) is 6.42 Å². The highest BCUT2D eigenvalue weighted by atomic mass is 127. The molecule has 0 aliphatic heterocycles. The van der Waals surface area contributed by atoms with E-state index >= 15 is 0 Å². The molecular weight excluding hydrogens is 395 g/mol. The first-order valence-corrected chi connectivity index (χ1v) is 6.90. The molecule has 88 valence electrons. The smallest absolute Gasteiger partial charge is 0.170 e. The van der Waals surface area contributed by atoms with E-state index in [0.717, 1.165) is 13.7 Å². The van der Waals surface area contributed by atoms with Crippen molar-refractivity contribution in [3.8, 4) is 0 Å². The molecule has 1 aromatic heterocycles. The van der Waals surface area contributed by atoms with Crippen LogP contribution in [0.25, 0.3) is 0 Å². The summed E-state index contributed by atoms with van der Waals surface area (Å²) < 4.78 is 3.58. The number of nitrogens with zero attached hydrogens (tertiary/aromatic N) is 2. The van der Waals surface area contributed by atoms with Crippen LogP contribution in [0, 0.1) is 3.57 Å². The number of ketones is 1. The maximum atomic E-state index is 12.1. The molecule has 0 saturated heterocycles. The van der Waals surface area contributed by atoms with Crippen LogP contribution in [0.3, 0.4) is 0 Å². The molecule has 0 N–H and O–H groups in total. The molecule has 2 aromatic rings. The highest BCUT2D eigenvalue weighted by molar-refractivity contribution is 14.1. The minimum atomic E-state index is 0.0779. The monoisotopic (exact) mass is 404 g/mol. The molecule has 3 nitrogen and oxygen atoms in total. The normalized spacial score (nSPS) is 10.5. The van der Waals surface area contributed by atoms with E-state index < -0.39 is 0 Å². The minimum Gasteiger partial charge on any atom is -0.294 e. The van der Waals surface area contributed by atoms with Gasteiger partial charge in [-0.1, -0.05) is 15.9 Å². The SMILES string of the molecule is Cn1ccc(CC(=O)c2cc(I)ccc2Br)n1. The van der Waals surface area contributed by atoms with Gasteiger partial charge in [0.2, 0.25) is 0 Å². The Morgan fingerprint density at radius 2 is 2.24 bits per heavy atom. The standard InChI is InChI=1S/C12H10BrIN2O/c1-16-5-4-9(15-16)7-12(17)10-6-8(14)2-3-11(10)13/h2-6H,7H2,1H3. The third-order valence-electron chi connectivity index (χ3n) is 2.34. The van der Waals surface area contributed by atoms with Gasteiger partial charge in [-0.15, -0.1) is 0 Å². The lowest BCUT2D eigenvalue weighted by Gasteiger charge is -2.03. The number of aryl methyl sites for hydroxylation is 1. The second kappa shape index (κ2) is 5.30. The predicted molar refractivity (Wildman–Crippen MR) is 78.1 cm³/mol. The number of carbonyl (C=O) groups is 1. The molecule has 0 amide bonds. The third-order valence-corrected chi connectivity index (χ3v) is 3.70. The van der Waals surface area contributed by atoms with Crippen molar-refractivity contribution in [3.63, 3.8) is 0 Å². The maximum Gasteiger partial charge on any atom is 0.170 e. The molecule has 0 saturated carbocycles. The number of halogens is 2. The second-order valence-corrected chi connectivity index (χ2v) is 5.80. The molecule has 0 aliphatic rings. The largest absolute Gasteiger partial charge is 0.294 e. The number of benzene rings is 1. The lowest BCUT2D eigenvalue weighted by Crippen LogP contribution is -2.06. The van der Waals surface area contributed by atoms with E-state index in [2.05, 4.69) is 43.6 Å². The Morgan fingerprint density at radius 1 is 1.47 bits per heavy atom. The van der Waals surface area contributed by atoms with Gasteiger partial charge in [0.15, 0.2) is 5.78 Å². The number of hydrogen-bond donors (Lipinski definition) is 0. The average molecular weight is 405 g/mol. The Hall–Kier alpha value is -0.690. The Labute approximate surface area is 121 Å². The Kier molecular flexibility index (Phi) is 3.98. The first-order chi connectivity index (χ1) is 8.06. The molecular formula is C12H10BrIN2O. The van der Waals surface area contributed by atoms with Gasteiger partial charge in [-0.3, -0.25) is 9.48 Å². The van der Waals surface area contributed by atoms with Crippen LogP contribution in [-0.4, -0.2) is 15.6 Å². The fourth-order valence-corrected chi connectivity index (χ4v) is 2.49. The molecule has 17 heavy (non-hydrogen) atoms. The van der Waals surface area contributed by atoms with Crippen LogP contribution in [0.15, 0.2) is 34.9 Å². The van der Waals surface area contributed by atoms with Gasteiger partial charge >= 0.3 is 0 Å². The van der Waals surface area contributed by atoms with Crippen molar-refractivity contribution in [3.05, 3.63) is 49.8 Å². The van der Waals surface area contributed by atoms with Crippen LogP contribution in [0.5, 0.6) is 0 Å². The summed E-state index contributed by atoms with van der Waals surface area (Å²) in [5.41, 5.74) is 1.51. The molecule has 0 spiro atoms. The number of Topliss-reactive ketones (excluding diaryl/α,β-unsaturated/α-hetero) is 1. The van der Waals surface area contributed by atoms with E-state index in [9.17, 15) is 4.79 Å². The topological polar surface area (TPSA) is 34.9 Å². The fourth-order valence-electron chi connectivity index (χ4n) is 1.53. The van der Waals surface area contributed by atoms with Crippen LogP contribution in [-0.2, 0) is 13.5 Å². The van der Waals surface area contributed by atoms with Crippen LogP contribution >= 0.6 is 38.5 Å². The van der Waals surface area contributed by atoms with Crippen LogP contribution in [0.2, 0.25) is 0 Å². The zero-order chi connectivity index (χ0) is 12.4. The van der Waals surface area contributed by atoms with Gasteiger partial charge in [0.05, 0.1) is 12.1 Å². The van der Waals surface area contributed by atoms with Crippen LogP contribution in [0.1, 0.15) is 16.1 Å². The van der Waals surface area contributed by atoms with E-state index in [0.29, 0.717) is 12.0 Å². The molecule has 0 fully saturated rings. The molecule has 2 rings (SSSR count). The number of aromatic nitrogens is 2. The molecule has 0 bridgehead atoms. The highest BCUT2D eigenvalue weighted by Crippen LogP contribution is 2.21. The summed E-state index contributed by atoms with van der Waals surface area (Å²) in [5, 5.41) is 4.21. The summed E-state index contributed by atoms with van der Waals surface area (Å²) >= 11 is 5.60. The summed E-state index contributed by atoms with van der Waals surface area (Å²) in [6.07, 6.45) is 2.17. The van der Waals surface area contributed by atoms with Gasteiger partial charge < -0.3 is 0 Å². The Balaban J connectivity index is 2.22. The highest BCUT2D eigenvalue weighted by Gasteiger charge is 2.12. The second-order valence-electron chi connectivity index (χ2n) is 3.70. The quantitative estimate of drug-likeness (QED) is 0.581. The fraction of sp³-hybridized carbons (Fsp3) is 0.167. The number of carbonyl (C=O) groups excluding carboxylic acids is 1. The van der Waals surface area contributed by atoms with E-state index in [1.54, 1.807) is 4.68 Å². The summed E-state index contributed by atoms with van der Waals surface area (Å²) in [5.74, 6) is 0.0779. The zero-order valence-corrected chi connectivity index (χ0v) is 12.9. The molecule has 0 radical (unpaired) electrons. The third kappa shape index (κ3) is 3.16. The summed E-state index contributed by atoms with van der Waals surface area (Å²) in [6, 6.07) is 7.60. The molecule has 0 unspecified atom stereocenters. The van der Waals surface area contributed by atoms with Gasteiger partial charge in [0, 0.05) is 26.9 Å². The molecule has 0 aliphatic carbocycles. The van der Waals surface area contributed by atoms with Crippen molar-refractivity contribution in [2.24, 2.45) is 7.05 Å². The van der Waals surface area contributed by atoms with E-state index in [1.165, 1.54) is 0 Å². The van der Waals surface area contributed by atoms with Crippen molar-refractivity contribution in [1.82, 2.24) is 9.78 Å². The zero-order valence-electron chi connectivity index (χ0n) is 9.15. The Bertz CT molecular complexity index is 565. The number of hydrogen-bond acceptors (Lipinski definition) is 2. The van der Waals surface area contributed by atoms with Gasteiger partial charge in [-0.25, -0.2) is 0 Å². The summed E-state index contributed by atoms with van der Waals surface area (Å²) in [6.45, 7) is 0. The van der Waals surface area contributed by atoms with Gasteiger partial charge in [-0.05, 0) is 46.9 Å². The van der Waals surface area contributed by atoms with E-state index in [-0.39, 0.29) is 5.78 Å². The lowest BCUT2D eigenvalue weighted by molar-refractivity contribution is 0.0991. The molecule has 5 heteroatoms. The summed E-state index contributed by atoms with van der Waals surface area (Å²) in [4.78, 5) is 12.1. The van der Waals surface area contributed by atoms with Gasteiger partial charge in [-0.2, -0.15) is 5.10 Å². The first kappa shape index (κ1) is 12.8. The lowest BCUT2D eigenvalue weighted by atomic mass is 10.1. The van der Waals surface area contributed by atoms with Gasteiger partial charge in [0.1, 0.15) is 0 Å². The van der Waals surface area contributed by atoms with Crippen molar-refractivity contribution in [2.75, 3.05) is 0 Å². The molecule has 1 heterocycles. The van der Waals surface area contributed by atoms with Crippen molar-refractivity contribution < 1.29 is 4.79 Å². The Morgan fingerprint density at radius 3 is 2.88 bits per heavy atom. The van der Waals surface area contributed by atoms with E-state index in [1.807, 2.05) is 37.5 Å². The molecule has 0 atom stereocenters. The predicted octanol–water partition coefficient (Wildman–Crippen LogP) is 3.21. The van der Waals surface area contributed by atoms with Gasteiger partial charge in [0.25, 0.3) is 0 Å². The van der Waals surface area contributed by atoms with Crippen LogP contribution < -0.4 is 0 Å². The number of rotatable bonds is 3. The van der Waals surface area contributed by atoms with Crippen molar-refractivity contribution >= 4 is 44.3 Å². The summed E-state index contributed by atoms with van der Waals surface area (Å²) in [7, 11) is 1.84. The van der Waals surface area contributed by atoms with Crippen molar-refractivity contribution in [1.29, 1.82) is 0 Å². The first-order valence-electron chi connectivity index (χ1n) is 5.03. The maximum absolute atomic E-state index is 12.1. The van der Waals surface area contributed by atoms with E-state index in [4.69, 9.17) is 0 Å². The average Bonchev–Trinajstić information content (AvgIpc) is 2.67. The van der Waals surface area contributed by atoms with Crippen LogP contribution in [0.4, 0.5) is 0 Å². The molecule has 1 aromatic carbocycles.